The van der Waals surface area contributed by atoms with E-state index in [9.17, 15) is 13.2 Å². The van der Waals surface area contributed by atoms with Crippen LogP contribution in [0.15, 0.2) is 47.4 Å². The lowest BCUT2D eigenvalue weighted by Gasteiger charge is -2.30. The molecule has 2 aromatic rings. The Labute approximate surface area is 194 Å². The number of para-hydroxylation sites is 2. The molecule has 0 radical (unpaired) electrons. The lowest BCUT2D eigenvalue weighted by Crippen LogP contribution is -2.41. The van der Waals surface area contributed by atoms with E-state index in [-0.39, 0.29) is 29.9 Å². The number of carbonyl (C=O) groups is 1. The van der Waals surface area contributed by atoms with E-state index < -0.39 is 10.0 Å². The molecular formula is C24H29NO7S. The lowest BCUT2D eigenvalue weighted by molar-refractivity contribution is -0.140. The van der Waals surface area contributed by atoms with Gasteiger partial charge in [0.05, 0.1) is 30.6 Å². The van der Waals surface area contributed by atoms with Crippen LogP contribution in [0.25, 0.3) is 0 Å². The standard InChI is InChI=1S/C24H29NO7S/c1-2-14-29-20-6-3-4-7-22(20)32-24(26)18-10-12-25(13-11-18)33(27,28)19-8-9-21-23(17-19)31-16-5-15-30-21/h3-4,6-9,17-18H,2,5,10-16H2,1H3. The van der Waals surface area contributed by atoms with Crippen molar-refractivity contribution in [2.24, 2.45) is 5.92 Å². The summed E-state index contributed by atoms with van der Waals surface area (Å²) in [4.78, 5) is 12.9. The summed E-state index contributed by atoms with van der Waals surface area (Å²) >= 11 is 0. The molecule has 0 aliphatic carbocycles. The van der Waals surface area contributed by atoms with Gasteiger partial charge < -0.3 is 18.9 Å². The normalized spacial score (nSPS) is 17.2. The maximum Gasteiger partial charge on any atom is 0.314 e. The molecule has 1 saturated heterocycles. The topological polar surface area (TPSA) is 91.4 Å². The fraction of sp³-hybridized carbons (Fsp3) is 0.458. The smallest absolute Gasteiger partial charge is 0.314 e. The summed E-state index contributed by atoms with van der Waals surface area (Å²) in [6.45, 7) is 4.04. The highest BCUT2D eigenvalue weighted by atomic mass is 32.2. The Balaban J connectivity index is 1.38. The van der Waals surface area contributed by atoms with Gasteiger partial charge in [0, 0.05) is 25.6 Å². The van der Waals surface area contributed by atoms with Crippen LogP contribution < -0.4 is 18.9 Å². The molecule has 9 heteroatoms. The average Bonchev–Trinajstić information content (AvgIpc) is 3.08. The van der Waals surface area contributed by atoms with Gasteiger partial charge in [-0.2, -0.15) is 4.31 Å². The minimum Gasteiger partial charge on any atom is -0.490 e. The molecule has 0 amide bonds. The van der Waals surface area contributed by atoms with Gasteiger partial charge in [0.1, 0.15) is 0 Å². The molecule has 0 atom stereocenters. The number of benzene rings is 2. The Morgan fingerprint density at radius 1 is 1.03 bits per heavy atom. The van der Waals surface area contributed by atoms with Crippen molar-refractivity contribution in [2.75, 3.05) is 32.9 Å². The van der Waals surface area contributed by atoms with Crippen LogP contribution >= 0.6 is 0 Å². The fourth-order valence-electron chi connectivity index (χ4n) is 3.84. The van der Waals surface area contributed by atoms with Crippen LogP contribution in [-0.4, -0.2) is 51.6 Å². The molecule has 1 fully saturated rings. The highest BCUT2D eigenvalue weighted by Crippen LogP contribution is 2.34. The largest absolute Gasteiger partial charge is 0.490 e. The summed E-state index contributed by atoms with van der Waals surface area (Å²) in [7, 11) is -3.71. The Bertz CT molecular complexity index is 1080. The first kappa shape index (κ1) is 23.4. The molecule has 2 aliphatic rings. The fourth-order valence-corrected chi connectivity index (χ4v) is 5.33. The summed E-state index contributed by atoms with van der Waals surface area (Å²) in [6.07, 6.45) is 2.37. The molecule has 0 bridgehead atoms. The highest BCUT2D eigenvalue weighted by Gasteiger charge is 2.34. The Morgan fingerprint density at radius 3 is 2.45 bits per heavy atom. The highest BCUT2D eigenvalue weighted by molar-refractivity contribution is 7.89. The van der Waals surface area contributed by atoms with E-state index >= 15 is 0 Å². The predicted octanol–water partition coefficient (Wildman–Crippen LogP) is 3.64. The van der Waals surface area contributed by atoms with Gasteiger partial charge in [0.2, 0.25) is 10.0 Å². The molecule has 4 rings (SSSR count). The third-order valence-electron chi connectivity index (χ3n) is 5.67. The SMILES string of the molecule is CCCOc1ccccc1OC(=O)C1CCN(S(=O)(=O)c2ccc3c(c2)OCCCO3)CC1. The molecule has 0 spiro atoms. The van der Waals surface area contributed by atoms with Crippen molar-refractivity contribution in [3.8, 4) is 23.0 Å². The quantitative estimate of drug-likeness (QED) is 0.446. The van der Waals surface area contributed by atoms with E-state index in [1.807, 2.05) is 13.0 Å². The predicted molar refractivity (Wildman–Crippen MR) is 121 cm³/mol. The van der Waals surface area contributed by atoms with Gasteiger partial charge in [0.15, 0.2) is 23.0 Å². The Morgan fingerprint density at radius 2 is 1.73 bits per heavy atom. The van der Waals surface area contributed by atoms with Gasteiger partial charge in [-0.05, 0) is 43.5 Å². The van der Waals surface area contributed by atoms with Crippen molar-refractivity contribution in [2.45, 2.75) is 37.5 Å². The minimum atomic E-state index is -3.71. The van der Waals surface area contributed by atoms with Gasteiger partial charge in [0.25, 0.3) is 0 Å². The maximum atomic E-state index is 13.2. The monoisotopic (exact) mass is 475 g/mol. The van der Waals surface area contributed by atoms with E-state index in [1.165, 1.54) is 16.4 Å². The molecule has 0 saturated carbocycles. The average molecular weight is 476 g/mol. The zero-order valence-corrected chi connectivity index (χ0v) is 19.5. The molecule has 2 heterocycles. The van der Waals surface area contributed by atoms with Crippen molar-refractivity contribution in [1.29, 1.82) is 0 Å². The number of rotatable bonds is 7. The number of hydrogen-bond acceptors (Lipinski definition) is 7. The molecular weight excluding hydrogens is 446 g/mol. The van der Waals surface area contributed by atoms with Crippen molar-refractivity contribution in [3.63, 3.8) is 0 Å². The summed E-state index contributed by atoms with van der Waals surface area (Å²) in [6, 6.07) is 11.8. The first-order valence-corrected chi connectivity index (χ1v) is 12.8. The van der Waals surface area contributed by atoms with Crippen LogP contribution in [-0.2, 0) is 14.8 Å². The van der Waals surface area contributed by atoms with Crippen LogP contribution in [0, 0.1) is 5.92 Å². The number of fused-ring (bicyclic) bond motifs is 1. The second kappa shape index (κ2) is 10.4. The van der Waals surface area contributed by atoms with Crippen LogP contribution in [0.1, 0.15) is 32.6 Å². The molecule has 33 heavy (non-hydrogen) atoms. The van der Waals surface area contributed by atoms with Gasteiger partial charge in [-0.1, -0.05) is 19.1 Å². The Hall–Kier alpha value is -2.78. The molecule has 2 aliphatic heterocycles. The second-order valence-electron chi connectivity index (χ2n) is 8.05. The first-order valence-electron chi connectivity index (χ1n) is 11.3. The number of piperidine rings is 1. The number of nitrogens with zero attached hydrogens (tertiary/aromatic N) is 1. The minimum absolute atomic E-state index is 0.162. The van der Waals surface area contributed by atoms with Crippen molar-refractivity contribution in [3.05, 3.63) is 42.5 Å². The number of sulfonamides is 1. The summed E-state index contributed by atoms with van der Waals surface area (Å²) in [5.74, 6) is 1.17. The first-order chi connectivity index (χ1) is 16.0. The third-order valence-corrected chi connectivity index (χ3v) is 7.56. The van der Waals surface area contributed by atoms with E-state index in [1.54, 1.807) is 24.3 Å². The van der Waals surface area contributed by atoms with E-state index in [4.69, 9.17) is 18.9 Å². The summed E-state index contributed by atoms with van der Waals surface area (Å²) in [5, 5.41) is 0. The van der Waals surface area contributed by atoms with Crippen LogP contribution in [0.4, 0.5) is 0 Å². The van der Waals surface area contributed by atoms with E-state index in [2.05, 4.69) is 0 Å². The molecule has 0 unspecified atom stereocenters. The Kier molecular flexibility index (Phi) is 7.39. The van der Waals surface area contributed by atoms with E-state index in [0.717, 1.165) is 12.8 Å². The molecule has 0 N–H and O–H groups in total. The summed E-state index contributed by atoms with van der Waals surface area (Å²) < 4.78 is 50.2. The number of esters is 1. The second-order valence-corrected chi connectivity index (χ2v) is 9.99. The van der Waals surface area contributed by atoms with Gasteiger partial charge in [-0.25, -0.2) is 8.42 Å². The van der Waals surface area contributed by atoms with Crippen LogP contribution in [0.5, 0.6) is 23.0 Å². The van der Waals surface area contributed by atoms with Crippen molar-refractivity contribution in [1.82, 2.24) is 4.31 Å². The van der Waals surface area contributed by atoms with Gasteiger partial charge in [-0.3, -0.25) is 4.79 Å². The molecule has 8 nitrogen and oxygen atoms in total. The molecule has 0 aromatic heterocycles. The zero-order valence-electron chi connectivity index (χ0n) is 18.7. The van der Waals surface area contributed by atoms with Crippen LogP contribution in [0.3, 0.4) is 0 Å². The van der Waals surface area contributed by atoms with Gasteiger partial charge >= 0.3 is 5.97 Å². The number of ether oxygens (including phenoxy) is 4. The summed E-state index contributed by atoms with van der Waals surface area (Å²) in [5.41, 5.74) is 0. The molecule has 2 aromatic carbocycles. The van der Waals surface area contributed by atoms with Crippen molar-refractivity contribution >= 4 is 16.0 Å². The zero-order chi connectivity index (χ0) is 23.3. The maximum absolute atomic E-state index is 13.2. The lowest BCUT2D eigenvalue weighted by atomic mass is 9.98. The van der Waals surface area contributed by atoms with E-state index in [0.29, 0.717) is 55.7 Å². The number of hydrogen-bond donors (Lipinski definition) is 0. The third kappa shape index (κ3) is 5.42. The van der Waals surface area contributed by atoms with Crippen LogP contribution in [0.2, 0.25) is 0 Å². The number of carbonyl (C=O) groups excluding carboxylic acids is 1. The van der Waals surface area contributed by atoms with Gasteiger partial charge in [-0.15, -0.1) is 0 Å². The van der Waals surface area contributed by atoms with Crippen molar-refractivity contribution < 1.29 is 32.2 Å². The molecule has 178 valence electrons.